The number of hydrazone groups is 1. The van der Waals surface area contributed by atoms with Crippen LogP contribution >= 0.6 is 0 Å². The van der Waals surface area contributed by atoms with Crippen LogP contribution in [-0.4, -0.2) is 56.0 Å². The normalized spacial score (nSPS) is 17.3. The number of aryl methyl sites for hydroxylation is 1. The molecule has 1 saturated carbocycles. The fraction of sp³-hybridized carbons (Fsp3) is 0.481. The third-order valence-corrected chi connectivity index (χ3v) is 6.69. The smallest absolute Gasteiger partial charge is 0.322 e. The van der Waals surface area contributed by atoms with Gasteiger partial charge in [-0.3, -0.25) is 5.01 Å². The van der Waals surface area contributed by atoms with Gasteiger partial charge in [-0.2, -0.15) is 5.10 Å². The molecule has 2 aliphatic rings. The number of anilines is 1. The van der Waals surface area contributed by atoms with Crippen molar-refractivity contribution in [2.75, 3.05) is 33.1 Å². The van der Waals surface area contributed by atoms with Crippen molar-refractivity contribution < 1.29 is 14.3 Å². The Morgan fingerprint density at radius 1 is 1.18 bits per heavy atom. The molecule has 1 N–H and O–H groups in total. The summed E-state index contributed by atoms with van der Waals surface area (Å²) in [6, 6.07) is 10.3. The van der Waals surface area contributed by atoms with Gasteiger partial charge in [-0.1, -0.05) is 19.9 Å². The molecular formula is C27H36N4O3. The molecule has 0 radical (unpaired) electrons. The minimum Gasteiger partial charge on any atom is -0.496 e. The summed E-state index contributed by atoms with van der Waals surface area (Å²) in [7, 11) is 5.33. The average molecular weight is 465 g/mol. The molecule has 1 aliphatic carbocycles. The van der Waals surface area contributed by atoms with E-state index in [-0.39, 0.29) is 18.0 Å². The maximum Gasteiger partial charge on any atom is 0.322 e. The van der Waals surface area contributed by atoms with E-state index in [1.54, 1.807) is 14.2 Å². The Kier molecular flexibility index (Phi) is 7.00. The highest BCUT2D eigenvalue weighted by molar-refractivity contribution is 5.90. The lowest BCUT2D eigenvalue weighted by molar-refractivity contribution is 0.206. The first-order chi connectivity index (χ1) is 16.3. The van der Waals surface area contributed by atoms with Crippen molar-refractivity contribution >= 4 is 17.9 Å². The van der Waals surface area contributed by atoms with Gasteiger partial charge in [0.15, 0.2) is 0 Å². The van der Waals surface area contributed by atoms with E-state index < -0.39 is 0 Å². The topological polar surface area (TPSA) is 66.4 Å². The van der Waals surface area contributed by atoms with Crippen LogP contribution in [0.4, 0.5) is 10.5 Å². The summed E-state index contributed by atoms with van der Waals surface area (Å²) in [5.74, 6) is 2.19. The monoisotopic (exact) mass is 464 g/mol. The number of hydrogen-bond acceptors (Lipinski definition) is 5. The van der Waals surface area contributed by atoms with Crippen LogP contribution in [0.25, 0.3) is 0 Å². The Morgan fingerprint density at radius 3 is 2.50 bits per heavy atom. The molecule has 2 aromatic rings. The zero-order valence-corrected chi connectivity index (χ0v) is 21.1. The molecule has 0 spiro atoms. The lowest BCUT2D eigenvalue weighted by Gasteiger charge is -2.25. The predicted molar refractivity (Wildman–Crippen MR) is 136 cm³/mol. The lowest BCUT2D eigenvalue weighted by Crippen LogP contribution is -2.36. The molecule has 34 heavy (non-hydrogen) atoms. The van der Waals surface area contributed by atoms with Crippen molar-refractivity contribution in [3.05, 3.63) is 52.6 Å². The van der Waals surface area contributed by atoms with E-state index in [1.165, 1.54) is 5.56 Å². The summed E-state index contributed by atoms with van der Waals surface area (Å²) >= 11 is 0. The Bertz CT molecular complexity index is 1080. The Morgan fingerprint density at radius 2 is 1.91 bits per heavy atom. The summed E-state index contributed by atoms with van der Waals surface area (Å²) in [5, 5.41) is 9.35. The first-order valence-electron chi connectivity index (χ1n) is 12.0. The third-order valence-electron chi connectivity index (χ3n) is 6.69. The van der Waals surface area contributed by atoms with Gasteiger partial charge in [0, 0.05) is 55.6 Å². The summed E-state index contributed by atoms with van der Waals surface area (Å²) < 4.78 is 11.2. The highest BCUT2D eigenvalue weighted by atomic mass is 16.5. The molecule has 1 fully saturated rings. The minimum absolute atomic E-state index is 0.0826. The van der Waals surface area contributed by atoms with Gasteiger partial charge < -0.3 is 19.7 Å². The van der Waals surface area contributed by atoms with Gasteiger partial charge in [0.1, 0.15) is 11.5 Å². The molecule has 1 atom stereocenters. The van der Waals surface area contributed by atoms with Crippen molar-refractivity contribution in [2.45, 2.75) is 58.0 Å². The number of benzene rings is 2. The molecule has 2 aromatic carbocycles. The lowest BCUT2D eigenvalue weighted by atomic mass is 9.96. The van der Waals surface area contributed by atoms with Crippen LogP contribution in [0.3, 0.4) is 0 Å². The van der Waals surface area contributed by atoms with Gasteiger partial charge in [-0.05, 0) is 60.6 Å². The van der Waals surface area contributed by atoms with E-state index in [9.17, 15) is 4.79 Å². The summed E-state index contributed by atoms with van der Waals surface area (Å²) in [4.78, 5) is 15.3. The fourth-order valence-corrected chi connectivity index (χ4v) is 4.52. The number of nitrogens with zero attached hydrogens (tertiary/aromatic N) is 3. The molecule has 0 bridgehead atoms. The first kappa shape index (κ1) is 23.9. The molecule has 7 heteroatoms. The quantitative estimate of drug-likeness (QED) is 0.572. The van der Waals surface area contributed by atoms with Gasteiger partial charge in [0.2, 0.25) is 0 Å². The van der Waals surface area contributed by atoms with E-state index in [0.29, 0.717) is 12.5 Å². The maximum absolute atomic E-state index is 13.4. The third kappa shape index (κ3) is 5.13. The molecule has 2 amide bonds. The second-order valence-corrected chi connectivity index (χ2v) is 9.63. The number of methoxy groups -OCH3 is 2. The second kappa shape index (κ2) is 9.95. The van der Waals surface area contributed by atoms with Crippen molar-refractivity contribution in [2.24, 2.45) is 5.10 Å². The van der Waals surface area contributed by atoms with Gasteiger partial charge in [-0.15, -0.1) is 0 Å². The second-order valence-electron chi connectivity index (χ2n) is 9.63. The van der Waals surface area contributed by atoms with Crippen LogP contribution in [0.1, 0.15) is 60.8 Å². The predicted octanol–water partition coefficient (Wildman–Crippen LogP) is 5.35. The standard InChI is InChI=1S/C27H36N4O3/c1-17(2)24-12-19(18(3)11-25(24)33-5)16-31(22-8-9-22)27(32)29-21-7-10-23(26(13-21)34-6)20-14-28-30(4)15-20/h7,10-14,17,20,22H,8-9,15-16H2,1-6H3,(H,29,32). The van der Waals surface area contributed by atoms with Crippen LogP contribution in [-0.2, 0) is 6.54 Å². The Balaban J connectivity index is 1.52. The molecule has 4 rings (SSSR count). The number of rotatable bonds is 8. The number of ether oxygens (including phenoxy) is 2. The number of carbonyl (C=O) groups excluding carboxylic acids is 1. The number of amides is 2. The summed E-state index contributed by atoms with van der Waals surface area (Å²) in [6.45, 7) is 7.80. The van der Waals surface area contributed by atoms with Crippen molar-refractivity contribution in [1.29, 1.82) is 0 Å². The van der Waals surface area contributed by atoms with Crippen molar-refractivity contribution in [3.63, 3.8) is 0 Å². The molecule has 0 saturated heterocycles. The van der Waals surface area contributed by atoms with Gasteiger partial charge in [0.25, 0.3) is 0 Å². The van der Waals surface area contributed by atoms with Crippen LogP contribution in [0, 0.1) is 6.92 Å². The Hall–Kier alpha value is -3.22. The maximum atomic E-state index is 13.4. The van der Waals surface area contributed by atoms with Crippen molar-refractivity contribution in [3.8, 4) is 11.5 Å². The minimum atomic E-state index is -0.0826. The number of likely N-dealkylation sites (N-methyl/N-ethyl adjacent to an activating group) is 1. The van der Waals surface area contributed by atoms with Crippen LogP contribution in [0.5, 0.6) is 11.5 Å². The Labute approximate surface area is 202 Å². The molecular weight excluding hydrogens is 428 g/mol. The largest absolute Gasteiger partial charge is 0.496 e. The number of hydrogen-bond donors (Lipinski definition) is 1. The molecule has 1 unspecified atom stereocenters. The van der Waals surface area contributed by atoms with E-state index >= 15 is 0 Å². The zero-order chi connectivity index (χ0) is 24.4. The van der Waals surface area contributed by atoms with E-state index in [0.717, 1.165) is 53.3 Å². The molecule has 7 nitrogen and oxygen atoms in total. The highest BCUT2D eigenvalue weighted by Crippen LogP contribution is 2.35. The van der Waals surface area contributed by atoms with E-state index in [4.69, 9.17) is 9.47 Å². The van der Waals surface area contributed by atoms with Crippen LogP contribution in [0.15, 0.2) is 35.4 Å². The zero-order valence-electron chi connectivity index (χ0n) is 21.1. The van der Waals surface area contributed by atoms with Crippen LogP contribution < -0.4 is 14.8 Å². The first-order valence-corrected chi connectivity index (χ1v) is 12.0. The number of nitrogens with one attached hydrogen (secondary N) is 1. The summed E-state index contributed by atoms with van der Waals surface area (Å²) in [6.07, 6.45) is 4.01. The molecule has 1 heterocycles. The van der Waals surface area contributed by atoms with E-state index in [1.807, 2.05) is 41.4 Å². The molecule has 1 aliphatic heterocycles. The fourth-order valence-electron chi connectivity index (χ4n) is 4.52. The van der Waals surface area contributed by atoms with E-state index in [2.05, 4.69) is 43.3 Å². The summed E-state index contributed by atoms with van der Waals surface area (Å²) in [5.41, 5.74) is 5.26. The molecule has 182 valence electrons. The average Bonchev–Trinajstić information content (AvgIpc) is 3.57. The number of urea groups is 1. The van der Waals surface area contributed by atoms with Crippen molar-refractivity contribution in [1.82, 2.24) is 9.91 Å². The van der Waals surface area contributed by atoms with Crippen LogP contribution in [0.2, 0.25) is 0 Å². The molecule has 0 aromatic heterocycles. The SMILES string of the molecule is COc1cc(C)c(CN(C(=O)Nc2ccc(C3C=NN(C)C3)c(OC)c2)C2CC2)cc1C(C)C. The highest BCUT2D eigenvalue weighted by Gasteiger charge is 2.33. The number of carbonyl (C=O) groups is 1. The van der Waals surface area contributed by atoms with Gasteiger partial charge >= 0.3 is 6.03 Å². The van der Waals surface area contributed by atoms with Gasteiger partial charge in [0.05, 0.1) is 14.2 Å². The van der Waals surface area contributed by atoms with Gasteiger partial charge in [-0.25, -0.2) is 4.79 Å².